The topological polar surface area (TPSA) is 0 Å². The first-order valence-electron chi connectivity index (χ1n) is 3.23. The highest BCUT2D eigenvalue weighted by Crippen LogP contribution is 2.01. The van der Waals surface area contributed by atoms with Crippen LogP contribution in [0.15, 0.2) is 24.3 Å². The van der Waals surface area contributed by atoms with Crippen LogP contribution in [0.25, 0.3) is 0 Å². The Kier molecular flexibility index (Phi) is 3.64. The molecular weight excluding hydrogens is 254 g/mol. The summed E-state index contributed by atoms with van der Waals surface area (Å²) in [5, 5.41) is 1.26. The molecule has 0 aliphatic carbocycles. The van der Waals surface area contributed by atoms with E-state index < -0.39 is 0 Å². The molecule has 0 saturated carbocycles. The van der Waals surface area contributed by atoms with Gasteiger partial charge in [-0.1, -0.05) is 46.9 Å². The number of hydrogen-bond acceptors (Lipinski definition) is 0. The Morgan fingerprint density at radius 1 is 1.20 bits per heavy atom. The van der Waals surface area contributed by atoms with Crippen molar-refractivity contribution in [3.05, 3.63) is 29.8 Å². The Bertz CT molecular complexity index is 193. The number of rotatable bonds is 2. The van der Waals surface area contributed by atoms with Gasteiger partial charge in [-0.2, -0.15) is 0 Å². The Balaban J connectivity index is 2.69. The van der Waals surface area contributed by atoms with Gasteiger partial charge in [0.15, 0.2) is 0 Å². The van der Waals surface area contributed by atoms with Crippen LogP contribution in [0, 0.1) is 0 Å². The Morgan fingerprint density at radius 2 is 1.80 bits per heavy atom. The van der Waals surface area contributed by atoms with Gasteiger partial charge in [0.25, 0.3) is 0 Å². The molecule has 1 aromatic carbocycles. The first kappa shape index (κ1) is 8.48. The van der Waals surface area contributed by atoms with Gasteiger partial charge in [-0.05, 0) is 17.3 Å². The minimum atomic E-state index is 1.19. The first-order chi connectivity index (χ1) is 4.83. The lowest BCUT2D eigenvalue weighted by atomic mass is 10.2. The molecule has 54 valence electrons. The maximum Gasteiger partial charge on any atom is 0.00358 e. The summed E-state index contributed by atoms with van der Waals surface area (Å²) in [5.74, 6) is 0. The lowest BCUT2D eigenvalue weighted by molar-refractivity contribution is 1.18. The smallest absolute Gasteiger partial charge is 0.00358 e. The summed E-state index contributed by atoms with van der Waals surface area (Å²) < 4.78 is 1.20. The van der Waals surface area contributed by atoms with Crippen LogP contribution in [0.5, 0.6) is 0 Å². The SMILES string of the molecule is Pc1ccc(CCI)cc1. The van der Waals surface area contributed by atoms with Crippen LogP contribution >= 0.6 is 31.8 Å². The fraction of sp³-hybridized carbons (Fsp3) is 0.250. The normalized spacial score (nSPS) is 9.80. The van der Waals surface area contributed by atoms with Crippen molar-refractivity contribution in [1.82, 2.24) is 0 Å². The van der Waals surface area contributed by atoms with Crippen molar-refractivity contribution in [3.63, 3.8) is 0 Å². The van der Waals surface area contributed by atoms with E-state index in [-0.39, 0.29) is 0 Å². The van der Waals surface area contributed by atoms with Crippen LogP contribution in [0.1, 0.15) is 5.56 Å². The van der Waals surface area contributed by atoms with E-state index in [4.69, 9.17) is 0 Å². The zero-order chi connectivity index (χ0) is 7.40. The van der Waals surface area contributed by atoms with Crippen molar-refractivity contribution >= 4 is 37.1 Å². The standard InChI is InChI=1S/C8H10IP/c9-6-5-7-1-3-8(10)4-2-7/h1-4H,5-6,10H2. The summed E-state index contributed by atoms with van der Waals surface area (Å²) in [4.78, 5) is 0. The predicted molar refractivity (Wildman–Crippen MR) is 58.4 cm³/mol. The highest BCUT2D eigenvalue weighted by atomic mass is 127. The maximum absolute atomic E-state index is 2.69. The Labute approximate surface area is 77.8 Å². The Morgan fingerprint density at radius 3 is 2.30 bits per heavy atom. The van der Waals surface area contributed by atoms with Gasteiger partial charge in [0, 0.05) is 4.43 Å². The largest absolute Gasteiger partial charge is 0.106 e. The molecule has 2 heteroatoms. The zero-order valence-corrected chi connectivity index (χ0v) is 8.99. The fourth-order valence-corrected chi connectivity index (χ4v) is 1.61. The van der Waals surface area contributed by atoms with Crippen LogP contribution in [0.2, 0.25) is 0 Å². The van der Waals surface area contributed by atoms with Crippen molar-refractivity contribution in [1.29, 1.82) is 0 Å². The predicted octanol–water partition coefficient (Wildman–Crippen LogP) is 2.16. The highest BCUT2D eigenvalue weighted by Gasteiger charge is 1.88. The van der Waals surface area contributed by atoms with Gasteiger partial charge in [0.2, 0.25) is 0 Å². The molecule has 0 aliphatic heterocycles. The number of aryl methyl sites for hydroxylation is 1. The second-order valence-electron chi connectivity index (χ2n) is 2.18. The number of alkyl halides is 1. The van der Waals surface area contributed by atoms with Gasteiger partial charge in [-0.25, -0.2) is 0 Å². The molecule has 0 aromatic heterocycles. The molecule has 1 rings (SSSR count). The molecule has 0 aliphatic rings. The summed E-state index contributed by atoms with van der Waals surface area (Å²) in [6.07, 6.45) is 1.19. The Hall–Kier alpha value is 0.380. The minimum absolute atomic E-state index is 1.19. The monoisotopic (exact) mass is 264 g/mol. The molecule has 0 spiro atoms. The van der Waals surface area contributed by atoms with Gasteiger partial charge in [-0.15, -0.1) is 9.24 Å². The molecule has 0 radical (unpaired) electrons. The van der Waals surface area contributed by atoms with E-state index in [1.165, 1.54) is 21.7 Å². The maximum atomic E-state index is 2.69. The van der Waals surface area contributed by atoms with Gasteiger partial charge in [0.1, 0.15) is 0 Å². The zero-order valence-electron chi connectivity index (χ0n) is 5.68. The third-order valence-corrected chi connectivity index (χ3v) is 2.29. The van der Waals surface area contributed by atoms with Crippen LogP contribution in [-0.4, -0.2) is 4.43 Å². The number of benzene rings is 1. The van der Waals surface area contributed by atoms with E-state index in [1.54, 1.807) is 0 Å². The van der Waals surface area contributed by atoms with Crippen LogP contribution in [0.3, 0.4) is 0 Å². The molecule has 0 saturated heterocycles. The molecule has 0 amide bonds. The van der Waals surface area contributed by atoms with E-state index >= 15 is 0 Å². The van der Waals surface area contributed by atoms with Gasteiger partial charge >= 0.3 is 0 Å². The summed E-state index contributed by atoms with van der Waals surface area (Å²) in [6, 6.07) is 8.63. The van der Waals surface area contributed by atoms with Gasteiger partial charge in [-0.3, -0.25) is 0 Å². The van der Waals surface area contributed by atoms with Crippen molar-refractivity contribution in [2.24, 2.45) is 0 Å². The molecule has 1 atom stereocenters. The quantitative estimate of drug-likeness (QED) is 0.436. The second kappa shape index (κ2) is 4.30. The lowest BCUT2D eigenvalue weighted by Gasteiger charge is -1.96. The minimum Gasteiger partial charge on any atom is -0.106 e. The third kappa shape index (κ3) is 2.55. The van der Waals surface area contributed by atoms with Gasteiger partial charge < -0.3 is 0 Å². The van der Waals surface area contributed by atoms with Gasteiger partial charge in [0.05, 0.1) is 0 Å². The van der Waals surface area contributed by atoms with Crippen LogP contribution in [-0.2, 0) is 6.42 Å². The van der Waals surface area contributed by atoms with Crippen molar-refractivity contribution in [3.8, 4) is 0 Å². The molecule has 0 N–H and O–H groups in total. The molecular formula is C8H10IP. The highest BCUT2D eigenvalue weighted by molar-refractivity contribution is 14.1. The molecule has 0 fully saturated rings. The average molecular weight is 264 g/mol. The van der Waals surface area contributed by atoms with E-state index in [0.29, 0.717) is 0 Å². The molecule has 1 unspecified atom stereocenters. The summed E-state index contributed by atoms with van der Waals surface area (Å²) >= 11 is 2.39. The summed E-state index contributed by atoms with van der Waals surface area (Å²) in [5.41, 5.74) is 1.43. The van der Waals surface area contributed by atoms with Crippen molar-refractivity contribution < 1.29 is 0 Å². The first-order valence-corrected chi connectivity index (χ1v) is 5.33. The summed E-state index contributed by atoms with van der Waals surface area (Å²) in [6.45, 7) is 0. The van der Waals surface area contributed by atoms with Crippen molar-refractivity contribution in [2.75, 3.05) is 4.43 Å². The van der Waals surface area contributed by atoms with Crippen LogP contribution < -0.4 is 5.30 Å². The van der Waals surface area contributed by atoms with E-state index in [9.17, 15) is 0 Å². The number of hydrogen-bond donors (Lipinski definition) is 0. The van der Waals surface area contributed by atoms with Crippen LogP contribution in [0.4, 0.5) is 0 Å². The molecule has 0 bridgehead atoms. The molecule has 1 aromatic rings. The summed E-state index contributed by atoms with van der Waals surface area (Å²) in [7, 11) is 2.69. The van der Waals surface area contributed by atoms with E-state index in [0.717, 1.165) is 0 Å². The molecule has 0 heterocycles. The molecule has 0 nitrogen and oxygen atoms in total. The van der Waals surface area contributed by atoms with Crippen molar-refractivity contribution in [2.45, 2.75) is 6.42 Å². The lowest BCUT2D eigenvalue weighted by Crippen LogP contribution is -1.91. The second-order valence-corrected chi connectivity index (χ2v) is 3.93. The number of halogens is 1. The average Bonchev–Trinajstić information content (AvgIpc) is 1.95. The molecule has 10 heavy (non-hydrogen) atoms. The van der Waals surface area contributed by atoms with E-state index in [2.05, 4.69) is 56.1 Å². The fourth-order valence-electron chi connectivity index (χ4n) is 0.793. The van der Waals surface area contributed by atoms with E-state index in [1.807, 2.05) is 0 Å². The third-order valence-electron chi connectivity index (χ3n) is 1.36.